The van der Waals surface area contributed by atoms with E-state index in [1.54, 1.807) is 19.2 Å². The molecule has 0 heterocycles. The fraction of sp³-hybridized carbons (Fsp3) is 0.550. The van der Waals surface area contributed by atoms with E-state index in [9.17, 15) is 8.42 Å². The number of rotatable bonds is 10. The van der Waals surface area contributed by atoms with E-state index in [-0.39, 0.29) is 6.04 Å². The molecule has 0 aliphatic heterocycles. The molecule has 152 valence electrons. The second kappa shape index (κ2) is 11.1. The Kier molecular flexibility index (Phi) is 9.52. The Morgan fingerprint density at radius 2 is 1.89 bits per heavy atom. The van der Waals surface area contributed by atoms with E-state index in [1.807, 2.05) is 46.0 Å². The molecule has 27 heavy (non-hydrogen) atoms. The van der Waals surface area contributed by atoms with Crippen molar-refractivity contribution in [3.63, 3.8) is 0 Å². The largest absolute Gasteiger partial charge is 0.357 e. The minimum atomic E-state index is -3.45. The first-order valence-electron chi connectivity index (χ1n) is 9.41. The van der Waals surface area contributed by atoms with E-state index < -0.39 is 10.0 Å². The standard InChI is InChI=1S/C20H34N4O2S/c1-7-9-10-15-23(5)20(21-8-2)22-16-18-11-13-19(14-12-18)27(25,26)24(6)17(3)4/h7,11-14,17H,1,8-10,15-16H2,2-6H3,(H,21,22). The number of unbranched alkanes of at least 4 members (excludes halogenated alkanes) is 1. The third-order valence-electron chi connectivity index (χ3n) is 4.34. The number of hydrogen-bond acceptors (Lipinski definition) is 3. The van der Waals surface area contributed by atoms with Gasteiger partial charge in [-0.05, 0) is 51.3 Å². The van der Waals surface area contributed by atoms with Crippen molar-refractivity contribution in [2.45, 2.75) is 51.1 Å². The predicted octanol–water partition coefficient (Wildman–Crippen LogP) is 3.08. The summed E-state index contributed by atoms with van der Waals surface area (Å²) < 4.78 is 26.4. The molecule has 0 aromatic heterocycles. The van der Waals surface area contributed by atoms with Crippen molar-refractivity contribution in [3.05, 3.63) is 42.5 Å². The minimum Gasteiger partial charge on any atom is -0.357 e. The molecule has 6 nitrogen and oxygen atoms in total. The van der Waals surface area contributed by atoms with Crippen LogP contribution in [0.1, 0.15) is 39.2 Å². The molecule has 1 N–H and O–H groups in total. The van der Waals surface area contributed by atoms with Crippen molar-refractivity contribution in [2.24, 2.45) is 4.99 Å². The topological polar surface area (TPSA) is 65.0 Å². The van der Waals surface area contributed by atoms with E-state index >= 15 is 0 Å². The molecular formula is C20H34N4O2S. The van der Waals surface area contributed by atoms with Crippen LogP contribution in [0.4, 0.5) is 0 Å². The van der Waals surface area contributed by atoms with Crippen LogP contribution in [-0.2, 0) is 16.6 Å². The van der Waals surface area contributed by atoms with Crippen LogP contribution in [0.5, 0.6) is 0 Å². The lowest BCUT2D eigenvalue weighted by molar-refractivity contribution is 0.410. The highest BCUT2D eigenvalue weighted by Crippen LogP contribution is 2.17. The highest BCUT2D eigenvalue weighted by atomic mass is 32.2. The van der Waals surface area contributed by atoms with E-state index in [0.717, 1.165) is 37.5 Å². The predicted molar refractivity (Wildman–Crippen MR) is 113 cm³/mol. The highest BCUT2D eigenvalue weighted by molar-refractivity contribution is 7.89. The van der Waals surface area contributed by atoms with Crippen molar-refractivity contribution < 1.29 is 8.42 Å². The van der Waals surface area contributed by atoms with Crippen LogP contribution in [0.3, 0.4) is 0 Å². The minimum absolute atomic E-state index is 0.0846. The highest BCUT2D eigenvalue weighted by Gasteiger charge is 2.22. The summed E-state index contributed by atoms with van der Waals surface area (Å²) in [6.45, 7) is 11.7. The molecule has 0 saturated heterocycles. The molecule has 0 fully saturated rings. The van der Waals surface area contributed by atoms with Gasteiger partial charge in [-0.25, -0.2) is 13.4 Å². The Bertz CT molecular complexity index is 712. The van der Waals surface area contributed by atoms with Crippen LogP contribution in [0.25, 0.3) is 0 Å². The molecule has 0 radical (unpaired) electrons. The van der Waals surface area contributed by atoms with Crippen molar-refractivity contribution in [3.8, 4) is 0 Å². The first-order chi connectivity index (χ1) is 12.7. The first kappa shape index (κ1) is 23.2. The number of nitrogens with zero attached hydrogens (tertiary/aromatic N) is 3. The number of sulfonamides is 1. The zero-order valence-corrected chi connectivity index (χ0v) is 18.1. The Morgan fingerprint density at radius 3 is 2.41 bits per heavy atom. The van der Waals surface area contributed by atoms with Crippen LogP contribution < -0.4 is 5.32 Å². The number of benzene rings is 1. The molecule has 0 bridgehead atoms. The lowest BCUT2D eigenvalue weighted by atomic mass is 10.2. The van der Waals surface area contributed by atoms with Crippen LogP contribution in [0, 0.1) is 0 Å². The van der Waals surface area contributed by atoms with Crippen molar-refractivity contribution in [1.82, 2.24) is 14.5 Å². The van der Waals surface area contributed by atoms with Crippen LogP contribution in [-0.4, -0.2) is 56.8 Å². The van der Waals surface area contributed by atoms with Crippen LogP contribution >= 0.6 is 0 Å². The summed E-state index contributed by atoms with van der Waals surface area (Å²) in [5.41, 5.74) is 0.969. The molecule has 7 heteroatoms. The van der Waals surface area contributed by atoms with Gasteiger partial charge in [-0.1, -0.05) is 18.2 Å². The van der Waals surface area contributed by atoms with Gasteiger partial charge in [-0.3, -0.25) is 0 Å². The first-order valence-corrected chi connectivity index (χ1v) is 10.8. The van der Waals surface area contributed by atoms with Gasteiger partial charge in [0.2, 0.25) is 10.0 Å². The second-order valence-electron chi connectivity index (χ2n) is 6.78. The molecule has 0 spiro atoms. The summed E-state index contributed by atoms with van der Waals surface area (Å²) in [5.74, 6) is 0.845. The number of guanidine groups is 1. The van der Waals surface area contributed by atoms with Crippen LogP contribution in [0.2, 0.25) is 0 Å². The quantitative estimate of drug-likeness (QED) is 0.287. The zero-order chi connectivity index (χ0) is 20.4. The van der Waals surface area contributed by atoms with Gasteiger partial charge in [0.05, 0.1) is 11.4 Å². The summed E-state index contributed by atoms with van der Waals surface area (Å²) in [4.78, 5) is 7.07. The lowest BCUT2D eigenvalue weighted by Crippen LogP contribution is -2.39. The molecule has 1 aromatic carbocycles. The Labute approximate surface area is 165 Å². The third kappa shape index (κ3) is 6.99. The average Bonchev–Trinajstić information content (AvgIpc) is 2.64. The summed E-state index contributed by atoms with van der Waals surface area (Å²) in [5, 5.41) is 3.29. The number of hydrogen-bond donors (Lipinski definition) is 1. The summed E-state index contributed by atoms with van der Waals surface area (Å²) >= 11 is 0. The number of aliphatic imine (C=N–C) groups is 1. The van der Waals surface area contributed by atoms with Crippen LogP contribution in [0.15, 0.2) is 46.8 Å². The van der Waals surface area contributed by atoms with E-state index in [1.165, 1.54) is 4.31 Å². The van der Waals surface area contributed by atoms with E-state index in [2.05, 4.69) is 21.8 Å². The van der Waals surface area contributed by atoms with E-state index in [4.69, 9.17) is 0 Å². The summed E-state index contributed by atoms with van der Waals surface area (Å²) in [6, 6.07) is 6.87. The number of nitrogens with one attached hydrogen (secondary N) is 1. The molecule has 0 aliphatic carbocycles. The fourth-order valence-electron chi connectivity index (χ4n) is 2.43. The van der Waals surface area contributed by atoms with Gasteiger partial charge in [-0.2, -0.15) is 4.31 Å². The Balaban J connectivity index is 2.85. The molecule has 1 rings (SSSR count). The van der Waals surface area contributed by atoms with Gasteiger partial charge >= 0.3 is 0 Å². The molecule has 0 unspecified atom stereocenters. The van der Waals surface area contributed by atoms with Gasteiger partial charge in [-0.15, -0.1) is 6.58 Å². The molecule has 0 aliphatic rings. The van der Waals surface area contributed by atoms with Crippen molar-refractivity contribution >= 4 is 16.0 Å². The Morgan fingerprint density at radius 1 is 1.26 bits per heavy atom. The third-order valence-corrected chi connectivity index (χ3v) is 6.38. The summed E-state index contributed by atoms with van der Waals surface area (Å²) in [7, 11) is 0.164. The van der Waals surface area contributed by atoms with E-state index in [0.29, 0.717) is 11.4 Å². The maximum Gasteiger partial charge on any atom is 0.243 e. The maximum atomic E-state index is 12.5. The smallest absolute Gasteiger partial charge is 0.243 e. The second-order valence-corrected chi connectivity index (χ2v) is 8.78. The molecule has 0 atom stereocenters. The Hall–Kier alpha value is -1.86. The van der Waals surface area contributed by atoms with Gasteiger partial charge in [0, 0.05) is 33.2 Å². The monoisotopic (exact) mass is 394 g/mol. The van der Waals surface area contributed by atoms with Gasteiger partial charge in [0.15, 0.2) is 5.96 Å². The molecule has 1 aromatic rings. The zero-order valence-electron chi connectivity index (χ0n) is 17.3. The molecule has 0 saturated carbocycles. The lowest BCUT2D eigenvalue weighted by Gasteiger charge is -2.22. The van der Waals surface area contributed by atoms with Gasteiger partial charge in [0.25, 0.3) is 0 Å². The maximum absolute atomic E-state index is 12.5. The SMILES string of the molecule is C=CCCCN(C)C(=NCc1ccc(S(=O)(=O)N(C)C(C)C)cc1)NCC. The van der Waals surface area contributed by atoms with Crippen molar-refractivity contribution in [2.75, 3.05) is 27.2 Å². The fourth-order valence-corrected chi connectivity index (χ4v) is 3.79. The average molecular weight is 395 g/mol. The summed E-state index contributed by atoms with van der Waals surface area (Å²) in [6.07, 6.45) is 3.93. The molecule has 0 amide bonds. The van der Waals surface area contributed by atoms with Gasteiger partial charge < -0.3 is 10.2 Å². The number of allylic oxidation sites excluding steroid dienone is 1. The molecular weight excluding hydrogens is 360 g/mol. The van der Waals surface area contributed by atoms with Crippen molar-refractivity contribution in [1.29, 1.82) is 0 Å². The van der Waals surface area contributed by atoms with Gasteiger partial charge in [0.1, 0.15) is 0 Å². The normalized spacial score (nSPS) is 12.5.